The van der Waals surface area contributed by atoms with Crippen molar-refractivity contribution < 1.29 is 0 Å². The van der Waals surface area contributed by atoms with Gasteiger partial charge in [-0.05, 0) is 29.9 Å². The van der Waals surface area contributed by atoms with Crippen LogP contribution in [0.5, 0.6) is 0 Å². The van der Waals surface area contributed by atoms with E-state index in [9.17, 15) is 0 Å². The largest absolute Gasteiger partial charge is 0.364 e. The monoisotopic (exact) mass is 165 g/mol. The van der Waals surface area contributed by atoms with Crippen molar-refractivity contribution in [2.24, 2.45) is 0 Å². The summed E-state index contributed by atoms with van der Waals surface area (Å²) in [5.74, 6) is 1.30. The van der Waals surface area contributed by atoms with Gasteiger partial charge in [-0.25, -0.2) is 0 Å². The molecule has 0 bridgehead atoms. The van der Waals surface area contributed by atoms with E-state index in [-0.39, 0.29) is 0 Å². The van der Waals surface area contributed by atoms with E-state index in [0.717, 1.165) is 0 Å². The van der Waals surface area contributed by atoms with E-state index in [1.807, 2.05) is 0 Å². The van der Waals surface area contributed by atoms with Crippen molar-refractivity contribution in [1.29, 1.82) is 0 Å². The van der Waals surface area contributed by atoms with Gasteiger partial charge in [-0.2, -0.15) is 0 Å². The maximum absolute atomic E-state index is 3.32. The molecule has 0 aliphatic heterocycles. The van der Waals surface area contributed by atoms with Crippen molar-refractivity contribution in [3.63, 3.8) is 0 Å². The Morgan fingerprint density at radius 1 is 1.33 bits per heavy atom. The van der Waals surface area contributed by atoms with Gasteiger partial charge in [-0.3, -0.25) is 0 Å². The second-order valence-corrected chi connectivity index (χ2v) is 3.85. The van der Waals surface area contributed by atoms with Gasteiger partial charge < -0.3 is 4.98 Å². The second-order valence-electron chi connectivity index (χ2n) is 3.85. The summed E-state index contributed by atoms with van der Waals surface area (Å²) in [4.78, 5) is 3.32. The molecule has 0 saturated heterocycles. The molecule has 0 unspecified atom stereocenters. The summed E-state index contributed by atoms with van der Waals surface area (Å²) < 4.78 is 0. The fourth-order valence-electron chi connectivity index (χ4n) is 1.28. The number of nitrogens with one attached hydrogen (secondary N) is 1. The van der Waals surface area contributed by atoms with Crippen LogP contribution in [0.1, 0.15) is 57.2 Å². The number of rotatable bonds is 3. The van der Waals surface area contributed by atoms with Crippen molar-refractivity contribution in [2.75, 3.05) is 0 Å². The van der Waals surface area contributed by atoms with Gasteiger partial charge in [-0.1, -0.05) is 27.7 Å². The van der Waals surface area contributed by atoms with Crippen LogP contribution in [0.2, 0.25) is 0 Å². The SMILES string of the molecule is CC[C@@H](C)c1c[nH]c(C(C)C)c1. The molecule has 1 N–H and O–H groups in total. The van der Waals surface area contributed by atoms with E-state index in [1.54, 1.807) is 0 Å². The summed E-state index contributed by atoms with van der Waals surface area (Å²) in [6, 6.07) is 2.29. The zero-order valence-electron chi connectivity index (χ0n) is 8.52. The van der Waals surface area contributed by atoms with Crippen molar-refractivity contribution in [3.8, 4) is 0 Å². The van der Waals surface area contributed by atoms with Crippen LogP contribution >= 0.6 is 0 Å². The predicted molar refractivity (Wildman–Crippen MR) is 53.6 cm³/mol. The first-order valence-corrected chi connectivity index (χ1v) is 4.83. The maximum atomic E-state index is 3.32. The first kappa shape index (κ1) is 9.37. The average Bonchev–Trinajstić information content (AvgIpc) is 2.51. The van der Waals surface area contributed by atoms with Crippen LogP contribution in [0.25, 0.3) is 0 Å². The van der Waals surface area contributed by atoms with E-state index in [0.29, 0.717) is 11.8 Å². The fourth-order valence-corrected chi connectivity index (χ4v) is 1.28. The van der Waals surface area contributed by atoms with Gasteiger partial charge >= 0.3 is 0 Å². The average molecular weight is 165 g/mol. The molecule has 0 saturated carbocycles. The summed E-state index contributed by atoms with van der Waals surface area (Å²) in [5, 5.41) is 0. The van der Waals surface area contributed by atoms with Gasteiger partial charge in [0.25, 0.3) is 0 Å². The molecule has 1 atom stereocenters. The van der Waals surface area contributed by atoms with Crippen LogP contribution < -0.4 is 0 Å². The number of aromatic amines is 1. The van der Waals surface area contributed by atoms with Gasteiger partial charge in [0, 0.05) is 11.9 Å². The highest BCUT2D eigenvalue weighted by atomic mass is 14.7. The molecule has 1 rings (SSSR count). The Morgan fingerprint density at radius 3 is 2.42 bits per heavy atom. The van der Waals surface area contributed by atoms with Crippen molar-refractivity contribution >= 4 is 0 Å². The second kappa shape index (κ2) is 3.79. The number of hydrogen-bond acceptors (Lipinski definition) is 0. The lowest BCUT2D eigenvalue weighted by atomic mass is 10.0. The molecule has 0 aliphatic carbocycles. The Balaban J connectivity index is 2.77. The molecule has 68 valence electrons. The molecule has 1 heteroatoms. The molecular weight excluding hydrogens is 146 g/mol. The first-order valence-electron chi connectivity index (χ1n) is 4.83. The number of aromatic nitrogens is 1. The highest BCUT2D eigenvalue weighted by Gasteiger charge is 2.07. The molecule has 1 aromatic heterocycles. The Labute approximate surface area is 75.2 Å². The lowest BCUT2D eigenvalue weighted by Gasteiger charge is -2.04. The topological polar surface area (TPSA) is 15.8 Å². The summed E-state index contributed by atoms with van der Waals surface area (Å²) in [6.07, 6.45) is 3.36. The number of H-pyrrole nitrogens is 1. The molecular formula is C11H19N. The van der Waals surface area contributed by atoms with Gasteiger partial charge in [0.05, 0.1) is 0 Å². The van der Waals surface area contributed by atoms with Crippen molar-refractivity contribution in [1.82, 2.24) is 4.98 Å². The first-order chi connectivity index (χ1) is 5.65. The Kier molecular flexibility index (Phi) is 2.96. The van der Waals surface area contributed by atoms with E-state index < -0.39 is 0 Å². The maximum Gasteiger partial charge on any atom is 0.0176 e. The molecule has 1 heterocycles. The molecule has 0 aliphatic rings. The minimum absolute atomic E-state index is 0.614. The van der Waals surface area contributed by atoms with E-state index in [4.69, 9.17) is 0 Å². The predicted octanol–water partition coefficient (Wildman–Crippen LogP) is 3.65. The third-order valence-electron chi connectivity index (χ3n) is 2.53. The van der Waals surface area contributed by atoms with Crippen LogP contribution in [0.4, 0.5) is 0 Å². The summed E-state index contributed by atoms with van der Waals surface area (Å²) in [5.41, 5.74) is 2.80. The fraction of sp³-hybridized carbons (Fsp3) is 0.636. The molecule has 0 aromatic carbocycles. The third kappa shape index (κ3) is 1.90. The minimum atomic E-state index is 0.614. The van der Waals surface area contributed by atoms with Crippen molar-refractivity contribution in [3.05, 3.63) is 23.5 Å². The standard InChI is InChI=1S/C11H19N/c1-5-9(4)10-6-11(8(2)3)12-7-10/h6-9,12H,5H2,1-4H3/t9-/m1/s1. The van der Waals surface area contributed by atoms with Crippen LogP contribution in [0.3, 0.4) is 0 Å². The molecule has 0 radical (unpaired) electrons. The summed E-state index contributed by atoms with van der Waals surface area (Å²) >= 11 is 0. The van der Waals surface area contributed by atoms with E-state index >= 15 is 0 Å². The van der Waals surface area contributed by atoms with E-state index in [2.05, 4.69) is 44.9 Å². The lowest BCUT2D eigenvalue weighted by molar-refractivity contribution is 0.734. The zero-order valence-corrected chi connectivity index (χ0v) is 8.52. The zero-order chi connectivity index (χ0) is 9.14. The molecule has 12 heavy (non-hydrogen) atoms. The molecule has 0 spiro atoms. The van der Waals surface area contributed by atoms with Gasteiger partial charge in [0.15, 0.2) is 0 Å². The van der Waals surface area contributed by atoms with Crippen LogP contribution in [0.15, 0.2) is 12.3 Å². The quantitative estimate of drug-likeness (QED) is 0.703. The Morgan fingerprint density at radius 2 is 2.00 bits per heavy atom. The minimum Gasteiger partial charge on any atom is -0.364 e. The summed E-state index contributed by atoms with van der Waals surface area (Å²) in [6.45, 7) is 8.93. The lowest BCUT2D eigenvalue weighted by Crippen LogP contribution is -1.87. The van der Waals surface area contributed by atoms with Crippen molar-refractivity contribution in [2.45, 2.75) is 46.0 Å². The summed E-state index contributed by atoms with van der Waals surface area (Å²) in [7, 11) is 0. The Hall–Kier alpha value is -0.720. The molecule has 1 nitrogen and oxygen atoms in total. The smallest absolute Gasteiger partial charge is 0.0176 e. The highest BCUT2D eigenvalue weighted by molar-refractivity contribution is 5.22. The Bertz CT molecular complexity index is 235. The molecule has 0 fully saturated rings. The highest BCUT2D eigenvalue weighted by Crippen LogP contribution is 2.22. The van der Waals surface area contributed by atoms with Crippen LogP contribution in [0, 0.1) is 0 Å². The van der Waals surface area contributed by atoms with Gasteiger partial charge in [-0.15, -0.1) is 0 Å². The van der Waals surface area contributed by atoms with Gasteiger partial charge in [0.2, 0.25) is 0 Å². The molecule has 1 aromatic rings. The van der Waals surface area contributed by atoms with Crippen LogP contribution in [-0.2, 0) is 0 Å². The number of hydrogen-bond donors (Lipinski definition) is 1. The van der Waals surface area contributed by atoms with Gasteiger partial charge in [0.1, 0.15) is 0 Å². The van der Waals surface area contributed by atoms with Crippen LogP contribution in [-0.4, -0.2) is 4.98 Å². The molecule has 0 amide bonds. The normalized spacial score (nSPS) is 13.8. The third-order valence-corrected chi connectivity index (χ3v) is 2.53. The van der Waals surface area contributed by atoms with E-state index in [1.165, 1.54) is 17.7 Å².